The van der Waals surface area contributed by atoms with E-state index in [1.54, 1.807) is 18.0 Å². The lowest BCUT2D eigenvalue weighted by molar-refractivity contribution is -0.160. The van der Waals surface area contributed by atoms with E-state index in [9.17, 15) is 9.59 Å². The Balaban J connectivity index is 1.81. The van der Waals surface area contributed by atoms with Crippen LogP contribution >= 0.6 is 0 Å². The van der Waals surface area contributed by atoms with Crippen LogP contribution in [0.15, 0.2) is 24.5 Å². The quantitative estimate of drug-likeness (QED) is 0.797. The summed E-state index contributed by atoms with van der Waals surface area (Å²) < 4.78 is 5.43. The van der Waals surface area contributed by atoms with Gasteiger partial charge >= 0.3 is 0 Å². The van der Waals surface area contributed by atoms with E-state index in [0.29, 0.717) is 26.1 Å². The largest absolute Gasteiger partial charge is 0.367 e. The summed E-state index contributed by atoms with van der Waals surface area (Å²) in [5.74, 6) is -0.525. The van der Waals surface area contributed by atoms with E-state index in [-0.39, 0.29) is 12.5 Å². The summed E-state index contributed by atoms with van der Waals surface area (Å²) in [5.41, 5.74) is 5.37. The summed E-state index contributed by atoms with van der Waals surface area (Å²) in [6.45, 7) is 4.04. The van der Waals surface area contributed by atoms with Crippen LogP contribution in [-0.4, -0.2) is 65.5 Å². The summed E-state index contributed by atoms with van der Waals surface area (Å²) in [5, 5.41) is 0. The van der Waals surface area contributed by atoms with Gasteiger partial charge in [-0.15, -0.1) is 0 Å². The van der Waals surface area contributed by atoms with Crippen LogP contribution in [0, 0.1) is 0 Å². The molecule has 1 aromatic heterocycles. The van der Waals surface area contributed by atoms with Crippen LogP contribution in [0.1, 0.15) is 18.9 Å². The topological polar surface area (TPSA) is 88.8 Å². The summed E-state index contributed by atoms with van der Waals surface area (Å²) in [6, 6.07) is 3.90. The number of aromatic nitrogens is 1. The number of morpholine rings is 1. The van der Waals surface area contributed by atoms with Crippen molar-refractivity contribution in [3.63, 3.8) is 0 Å². The van der Waals surface area contributed by atoms with Gasteiger partial charge in [0.2, 0.25) is 5.91 Å². The van der Waals surface area contributed by atoms with E-state index < -0.39 is 11.5 Å². The molecule has 1 aromatic rings. The molecule has 1 unspecified atom stereocenters. The fraction of sp³-hybridized carbons (Fsp3) is 0.562. The number of carbonyl (C=O) groups excluding carboxylic acids is 2. The third kappa shape index (κ3) is 4.74. The molecule has 2 heterocycles. The van der Waals surface area contributed by atoms with E-state index in [2.05, 4.69) is 9.88 Å². The second-order valence-electron chi connectivity index (χ2n) is 6.11. The highest BCUT2D eigenvalue weighted by Crippen LogP contribution is 2.17. The number of carbonyl (C=O) groups is 2. The highest BCUT2D eigenvalue weighted by Gasteiger charge is 2.39. The standard InChI is InChI=1S/C16H24N4O3/c1-16(15(17)22)12-20(8-9-23-16)14(21)5-7-19(2)11-13-4-3-6-18-10-13/h3-4,6,10H,5,7-9,11-12H2,1-2H3,(H2,17,22). The maximum atomic E-state index is 12.3. The van der Waals surface area contributed by atoms with Crippen molar-refractivity contribution in [2.24, 2.45) is 5.73 Å². The summed E-state index contributed by atoms with van der Waals surface area (Å²) in [4.78, 5) is 31.6. The molecule has 1 saturated heterocycles. The van der Waals surface area contributed by atoms with Crippen LogP contribution in [0.4, 0.5) is 0 Å². The number of nitrogens with zero attached hydrogens (tertiary/aromatic N) is 3. The molecule has 0 radical (unpaired) electrons. The van der Waals surface area contributed by atoms with Gasteiger partial charge in [-0.3, -0.25) is 14.6 Å². The highest BCUT2D eigenvalue weighted by atomic mass is 16.5. The summed E-state index contributed by atoms with van der Waals surface area (Å²) in [6.07, 6.45) is 3.95. The van der Waals surface area contributed by atoms with Crippen molar-refractivity contribution in [3.05, 3.63) is 30.1 Å². The van der Waals surface area contributed by atoms with Crippen molar-refractivity contribution >= 4 is 11.8 Å². The molecule has 0 saturated carbocycles. The van der Waals surface area contributed by atoms with Gasteiger partial charge in [0.05, 0.1) is 13.2 Å². The Labute approximate surface area is 136 Å². The minimum Gasteiger partial charge on any atom is -0.367 e. The van der Waals surface area contributed by atoms with E-state index in [0.717, 1.165) is 12.1 Å². The number of rotatable bonds is 6. The molecule has 7 heteroatoms. The van der Waals surface area contributed by atoms with Gasteiger partial charge in [0.25, 0.3) is 5.91 Å². The number of nitrogens with two attached hydrogens (primary N) is 1. The van der Waals surface area contributed by atoms with E-state index >= 15 is 0 Å². The number of hydrogen-bond acceptors (Lipinski definition) is 5. The van der Waals surface area contributed by atoms with Gasteiger partial charge in [-0.05, 0) is 25.6 Å². The molecule has 1 fully saturated rings. The molecule has 0 spiro atoms. The predicted octanol–water partition coefficient (Wildman–Crippen LogP) is 0.00630. The van der Waals surface area contributed by atoms with E-state index in [1.807, 2.05) is 25.4 Å². The normalized spacial score (nSPS) is 21.4. The van der Waals surface area contributed by atoms with Gasteiger partial charge in [0.1, 0.15) is 0 Å². The van der Waals surface area contributed by atoms with Crippen molar-refractivity contribution in [1.82, 2.24) is 14.8 Å². The van der Waals surface area contributed by atoms with Crippen molar-refractivity contribution in [1.29, 1.82) is 0 Å². The molecule has 1 atom stereocenters. The second kappa shape index (κ2) is 7.52. The van der Waals surface area contributed by atoms with Crippen molar-refractivity contribution < 1.29 is 14.3 Å². The first-order valence-corrected chi connectivity index (χ1v) is 7.70. The zero-order valence-corrected chi connectivity index (χ0v) is 13.7. The molecule has 126 valence electrons. The molecule has 7 nitrogen and oxygen atoms in total. The van der Waals surface area contributed by atoms with Gasteiger partial charge in [0.15, 0.2) is 5.60 Å². The van der Waals surface area contributed by atoms with Crippen LogP contribution in [0.2, 0.25) is 0 Å². The first kappa shape index (κ1) is 17.4. The molecule has 1 aliphatic rings. The van der Waals surface area contributed by atoms with E-state index in [1.165, 1.54) is 0 Å². The SMILES string of the molecule is CN(CCC(=O)N1CCOC(C)(C(N)=O)C1)Cc1cccnc1. The molecular formula is C16H24N4O3. The van der Waals surface area contributed by atoms with Crippen molar-refractivity contribution in [3.8, 4) is 0 Å². The van der Waals surface area contributed by atoms with Gasteiger partial charge in [-0.2, -0.15) is 0 Å². The van der Waals surface area contributed by atoms with Crippen LogP contribution in [0.3, 0.4) is 0 Å². The Morgan fingerprint density at radius 1 is 1.52 bits per heavy atom. The molecule has 2 N–H and O–H groups in total. The zero-order valence-electron chi connectivity index (χ0n) is 13.7. The number of ether oxygens (including phenoxy) is 1. The molecule has 1 aliphatic heterocycles. The average Bonchev–Trinajstić information content (AvgIpc) is 2.53. The second-order valence-corrected chi connectivity index (χ2v) is 6.11. The number of hydrogen-bond donors (Lipinski definition) is 1. The van der Waals surface area contributed by atoms with Crippen LogP contribution in [0.5, 0.6) is 0 Å². The van der Waals surface area contributed by atoms with Crippen LogP contribution < -0.4 is 5.73 Å². The average molecular weight is 320 g/mol. The first-order chi connectivity index (χ1) is 10.9. The molecule has 2 amide bonds. The first-order valence-electron chi connectivity index (χ1n) is 7.70. The molecule has 0 aliphatic carbocycles. The molecule has 23 heavy (non-hydrogen) atoms. The number of amides is 2. The van der Waals surface area contributed by atoms with E-state index in [4.69, 9.17) is 10.5 Å². The zero-order chi connectivity index (χ0) is 16.9. The number of pyridine rings is 1. The predicted molar refractivity (Wildman–Crippen MR) is 85.3 cm³/mol. The van der Waals surface area contributed by atoms with Crippen LogP contribution in [-0.2, 0) is 20.9 Å². The smallest absolute Gasteiger partial charge is 0.251 e. The Morgan fingerprint density at radius 2 is 2.30 bits per heavy atom. The maximum absolute atomic E-state index is 12.3. The Kier molecular flexibility index (Phi) is 5.68. The molecule has 2 rings (SSSR count). The Bertz CT molecular complexity index is 552. The van der Waals surface area contributed by atoms with Crippen molar-refractivity contribution in [2.45, 2.75) is 25.5 Å². The highest BCUT2D eigenvalue weighted by molar-refractivity contribution is 5.85. The lowest BCUT2D eigenvalue weighted by atomic mass is 10.0. The molecule has 0 bridgehead atoms. The molecule has 0 aromatic carbocycles. The minimum absolute atomic E-state index is 0.0128. The van der Waals surface area contributed by atoms with Crippen molar-refractivity contribution in [2.75, 3.05) is 33.3 Å². The fourth-order valence-electron chi connectivity index (χ4n) is 2.56. The minimum atomic E-state index is -1.09. The number of primary amides is 1. The third-order valence-electron chi connectivity index (χ3n) is 4.03. The lowest BCUT2D eigenvalue weighted by Crippen LogP contribution is -2.58. The fourth-order valence-corrected chi connectivity index (χ4v) is 2.56. The summed E-state index contributed by atoms with van der Waals surface area (Å²) in [7, 11) is 1.97. The molecular weight excluding hydrogens is 296 g/mol. The monoisotopic (exact) mass is 320 g/mol. The summed E-state index contributed by atoms with van der Waals surface area (Å²) >= 11 is 0. The third-order valence-corrected chi connectivity index (χ3v) is 4.03. The van der Waals surface area contributed by atoms with Gasteiger partial charge in [-0.25, -0.2) is 0 Å². The van der Waals surface area contributed by atoms with Crippen LogP contribution in [0.25, 0.3) is 0 Å². The van der Waals surface area contributed by atoms with Gasteiger partial charge in [0, 0.05) is 38.4 Å². The maximum Gasteiger partial charge on any atom is 0.251 e. The Morgan fingerprint density at radius 3 is 2.96 bits per heavy atom. The van der Waals surface area contributed by atoms with Gasteiger partial charge < -0.3 is 20.3 Å². The Hall–Kier alpha value is -1.99. The lowest BCUT2D eigenvalue weighted by Gasteiger charge is -2.38. The van der Waals surface area contributed by atoms with Gasteiger partial charge in [-0.1, -0.05) is 6.07 Å².